The van der Waals surface area contributed by atoms with Crippen molar-refractivity contribution in [2.45, 2.75) is 12.8 Å². The summed E-state index contributed by atoms with van der Waals surface area (Å²) in [7, 11) is 0. The van der Waals surface area contributed by atoms with E-state index in [1.807, 2.05) is 12.1 Å². The highest BCUT2D eigenvalue weighted by Crippen LogP contribution is 2.16. The second-order valence-electron chi connectivity index (χ2n) is 2.88. The number of carbonyl (C=O) groups excluding carboxylic acids is 1. The van der Waals surface area contributed by atoms with Gasteiger partial charge in [0.2, 0.25) is 0 Å². The number of carbonyl (C=O) groups is 1. The molecule has 0 aromatic heterocycles. The summed E-state index contributed by atoms with van der Waals surface area (Å²) in [6, 6.07) is 10.8. The van der Waals surface area contributed by atoms with Crippen LogP contribution >= 0.6 is 0 Å². The van der Waals surface area contributed by atoms with E-state index in [1.54, 1.807) is 37.3 Å². The lowest BCUT2D eigenvalue weighted by molar-refractivity contribution is -0.138. The van der Waals surface area contributed by atoms with Crippen molar-refractivity contribution in [3.8, 4) is 6.07 Å². The molecule has 3 heteroatoms. The Morgan fingerprint density at radius 2 is 2.13 bits per heavy atom. The summed E-state index contributed by atoms with van der Waals surface area (Å²) in [5, 5.41) is 8.87. The van der Waals surface area contributed by atoms with Gasteiger partial charge in [0.05, 0.1) is 12.3 Å². The van der Waals surface area contributed by atoms with Crippen LogP contribution in [0.1, 0.15) is 18.4 Å². The minimum Gasteiger partial charge on any atom is -0.434 e. The predicted octanol–water partition coefficient (Wildman–Crippen LogP) is 2.37. The fourth-order valence-corrected chi connectivity index (χ4v) is 1.11. The summed E-state index contributed by atoms with van der Waals surface area (Å²) in [4.78, 5) is 11.4. The Bertz CT molecular complexity index is 390. The van der Waals surface area contributed by atoms with Gasteiger partial charge in [-0.05, 0) is 12.5 Å². The summed E-state index contributed by atoms with van der Waals surface area (Å²) in [6.45, 7) is 1.73. The van der Waals surface area contributed by atoms with Gasteiger partial charge in [-0.3, -0.25) is 0 Å². The number of hydrogen-bond acceptors (Lipinski definition) is 3. The summed E-state index contributed by atoms with van der Waals surface area (Å²) >= 11 is 0. The Morgan fingerprint density at radius 3 is 2.67 bits per heavy atom. The first-order valence-electron chi connectivity index (χ1n) is 4.55. The van der Waals surface area contributed by atoms with E-state index in [2.05, 4.69) is 0 Å². The van der Waals surface area contributed by atoms with Crippen molar-refractivity contribution < 1.29 is 9.53 Å². The lowest BCUT2D eigenvalue weighted by Crippen LogP contribution is -2.11. The van der Waals surface area contributed by atoms with Crippen LogP contribution in [0.2, 0.25) is 0 Å². The van der Waals surface area contributed by atoms with Crippen LogP contribution in [0.5, 0.6) is 0 Å². The summed E-state index contributed by atoms with van der Waals surface area (Å²) in [6.07, 6.45) is 2.87. The van der Waals surface area contributed by atoms with Crippen molar-refractivity contribution in [2.24, 2.45) is 0 Å². The van der Waals surface area contributed by atoms with Gasteiger partial charge < -0.3 is 4.74 Å². The highest BCUT2D eigenvalue weighted by Gasteiger charge is 2.20. The first-order chi connectivity index (χ1) is 7.29. The second kappa shape index (κ2) is 5.61. The van der Waals surface area contributed by atoms with Gasteiger partial charge in [-0.15, -0.1) is 0 Å². The molecule has 0 saturated heterocycles. The summed E-state index contributed by atoms with van der Waals surface area (Å²) in [5.74, 6) is -1.41. The maximum Gasteiger partial charge on any atom is 0.332 e. The van der Waals surface area contributed by atoms with E-state index >= 15 is 0 Å². The monoisotopic (exact) mass is 201 g/mol. The smallest absolute Gasteiger partial charge is 0.332 e. The largest absolute Gasteiger partial charge is 0.434 e. The number of rotatable bonds is 3. The van der Waals surface area contributed by atoms with E-state index in [0.717, 1.165) is 0 Å². The van der Waals surface area contributed by atoms with Crippen molar-refractivity contribution in [3.63, 3.8) is 0 Å². The number of allylic oxidation sites excluding steroid dienone is 1. The number of esters is 1. The third kappa shape index (κ3) is 2.96. The fraction of sp³-hybridized carbons (Fsp3) is 0.167. The van der Waals surface area contributed by atoms with Crippen molar-refractivity contribution >= 4 is 5.97 Å². The molecule has 3 nitrogen and oxygen atoms in total. The number of ether oxygens (including phenoxy) is 1. The maximum atomic E-state index is 11.4. The molecule has 0 bridgehead atoms. The zero-order valence-corrected chi connectivity index (χ0v) is 8.38. The molecule has 0 aliphatic carbocycles. The van der Waals surface area contributed by atoms with E-state index < -0.39 is 11.9 Å². The van der Waals surface area contributed by atoms with Crippen LogP contribution in [0.3, 0.4) is 0 Å². The van der Waals surface area contributed by atoms with E-state index in [4.69, 9.17) is 10.00 Å². The Labute approximate surface area is 88.6 Å². The molecule has 0 aliphatic heterocycles. The van der Waals surface area contributed by atoms with Gasteiger partial charge in [0.15, 0.2) is 5.92 Å². The Kier molecular flexibility index (Phi) is 4.11. The van der Waals surface area contributed by atoms with Crippen molar-refractivity contribution in [2.75, 3.05) is 0 Å². The van der Waals surface area contributed by atoms with Crippen LogP contribution in [0.25, 0.3) is 0 Å². The molecule has 1 aromatic rings. The topological polar surface area (TPSA) is 50.1 Å². The average molecular weight is 201 g/mol. The molecule has 1 rings (SSSR count). The van der Waals surface area contributed by atoms with Gasteiger partial charge in [0.25, 0.3) is 0 Å². The zero-order valence-electron chi connectivity index (χ0n) is 8.38. The van der Waals surface area contributed by atoms with Crippen LogP contribution in [-0.4, -0.2) is 5.97 Å². The SMILES string of the molecule is CC=COC(=O)C(C#N)c1ccccc1. The first kappa shape index (κ1) is 11.0. The lowest BCUT2D eigenvalue weighted by Gasteiger charge is -2.06. The normalized spacial score (nSPS) is 12.0. The van der Waals surface area contributed by atoms with Crippen LogP contribution in [-0.2, 0) is 9.53 Å². The number of nitriles is 1. The van der Waals surface area contributed by atoms with Crippen LogP contribution < -0.4 is 0 Å². The number of benzene rings is 1. The molecule has 1 atom stereocenters. The molecule has 0 saturated carbocycles. The molecule has 0 aliphatic rings. The summed E-state index contributed by atoms with van der Waals surface area (Å²) in [5.41, 5.74) is 0.648. The minimum atomic E-state index is -0.859. The number of nitrogens with zero attached hydrogens (tertiary/aromatic N) is 1. The Morgan fingerprint density at radius 1 is 1.47 bits per heavy atom. The Hall–Kier alpha value is -2.08. The fourth-order valence-electron chi connectivity index (χ4n) is 1.11. The van der Waals surface area contributed by atoms with Crippen LogP contribution in [0.4, 0.5) is 0 Å². The van der Waals surface area contributed by atoms with E-state index in [9.17, 15) is 4.79 Å². The molecule has 1 aromatic carbocycles. The quantitative estimate of drug-likeness (QED) is 0.557. The number of hydrogen-bond donors (Lipinski definition) is 0. The third-order valence-corrected chi connectivity index (χ3v) is 1.82. The molecular weight excluding hydrogens is 190 g/mol. The van der Waals surface area contributed by atoms with Gasteiger partial charge in [0, 0.05) is 0 Å². The predicted molar refractivity (Wildman–Crippen MR) is 55.7 cm³/mol. The molecule has 76 valence electrons. The maximum absolute atomic E-state index is 11.4. The molecule has 0 amide bonds. The van der Waals surface area contributed by atoms with Gasteiger partial charge in [0.1, 0.15) is 0 Å². The second-order valence-corrected chi connectivity index (χ2v) is 2.88. The van der Waals surface area contributed by atoms with Gasteiger partial charge in [-0.25, -0.2) is 4.79 Å². The minimum absolute atomic E-state index is 0.554. The summed E-state index contributed by atoms with van der Waals surface area (Å²) < 4.78 is 4.76. The van der Waals surface area contributed by atoms with Crippen LogP contribution in [0.15, 0.2) is 42.7 Å². The van der Waals surface area contributed by atoms with Gasteiger partial charge in [-0.1, -0.05) is 36.4 Å². The van der Waals surface area contributed by atoms with Crippen molar-refractivity contribution in [1.29, 1.82) is 5.26 Å². The average Bonchev–Trinajstić information content (AvgIpc) is 2.29. The van der Waals surface area contributed by atoms with Gasteiger partial charge >= 0.3 is 5.97 Å². The van der Waals surface area contributed by atoms with Gasteiger partial charge in [-0.2, -0.15) is 5.26 Å². The van der Waals surface area contributed by atoms with Crippen molar-refractivity contribution in [3.05, 3.63) is 48.2 Å². The van der Waals surface area contributed by atoms with Crippen LogP contribution in [0, 0.1) is 11.3 Å². The van der Waals surface area contributed by atoms with E-state index in [1.165, 1.54) is 6.26 Å². The third-order valence-electron chi connectivity index (χ3n) is 1.82. The van der Waals surface area contributed by atoms with Crippen molar-refractivity contribution in [1.82, 2.24) is 0 Å². The zero-order chi connectivity index (χ0) is 11.1. The van der Waals surface area contributed by atoms with E-state index in [0.29, 0.717) is 5.56 Å². The molecule has 0 fully saturated rings. The standard InChI is InChI=1S/C12H11NO2/c1-2-8-15-12(14)11(9-13)10-6-4-3-5-7-10/h2-8,11H,1H3. The molecule has 0 heterocycles. The molecular formula is C12H11NO2. The molecule has 0 radical (unpaired) electrons. The first-order valence-corrected chi connectivity index (χ1v) is 4.55. The molecule has 0 N–H and O–H groups in total. The highest BCUT2D eigenvalue weighted by atomic mass is 16.5. The Balaban J connectivity index is 2.82. The molecule has 0 spiro atoms. The molecule has 1 unspecified atom stereocenters. The molecule has 15 heavy (non-hydrogen) atoms. The van der Waals surface area contributed by atoms with E-state index in [-0.39, 0.29) is 0 Å². The lowest BCUT2D eigenvalue weighted by atomic mass is 10.0. The highest BCUT2D eigenvalue weighted by molar-refractivity contribution is 5.81.